The largest absolute Gasteiger partial charge is 0.497 e. The molecule has 5 rings (SSSR count). The van der Waals surface area contributed by atoms with Gasteiger partial charge in [0, 0.05) is 11.3 Å². The summed E-state index contributed by atoms with van der Waals surface area (Å²) < 4.78 is 15.9. The third-order valence-corrected chi connectivity index (χ3v) is 5.56. The van der Waals surface area contributed by atoms with Gasteiger partial charge in [0.05, 0.1) is 7.11 Å². The Kier molecular flexibility index (Phi) is 6.05. The van der Waals surface area contributed by atoms with E-state index in [0.29, 0.717) is 34.1 Å². The lowest BCUT2D eigenvalue weighted by Crippen LogP contribution is -2.30. The Hall–Kier alpha value is -4.78. The average molecular weight is 466 g/mol. The number of benzene rings is 4. The highest BCUT2D eigenvalue weighted by molar-refractivity contribution is 6.11. The van der Waals surface area contributed by atoms with Crippen LogP contribution in [0.4, 0.5) is 5.69 Å². The van der Waals surface area contributed by atoms with Crippen LogP contribution in [0.1, 0.15) is 15.9 Å². The van der Waals surface area contributed by atoms with E-state index in [1.807, 2.05) is 42.5 Å². The third kappa shape index (κ3) is 4.94. The Morgan fingerprint density at radius 2 is 1.63 bits per heavy atom. The van der Waals surface area contributed by atoms with E-state index in [2.05, 4.69) is 10.6 Å². The van der Waals surface area contributed by atoms with E-state index in [-0.39, 0.29) is 12.5 Å². The molecule has 1 aliphatic heterocycles. The standard InChI is InChI=1S/C28H22N2O5/c1-33-23-11-8-20(9-12-23)27(31)30-24(14-18-6-13-25-26(15-18)35-17-34-25)28(32)29-22-10-7-19-4-2-3-5-21(19)16-22/h2-16H,17H2,1H3,(H,29,32)(H,30,31)/b24-14+. The molecule has 2 N–H and O–H groups in total. The fourth-order valence-corrected chi connectivity index (χ4v) is 3.73. The molecule has 4 aromatic carbocycles. The number of hydrogen-bond acceptors (Lipinski definition) is 5. The minimum absolute atomic E-state index is 0.0813. The zero-order valence-corrected chi connectivity index (χ0v) is 18.9. The summed E-state index contributed by atoms with van der Waals surface area (Å²) in [5, 5.41) is 7.68. The van der Waals surface area contributed by atoms with E-state index >= 15 is 0 Å². The Labute approximate surface area is 201 Å². The van der Waals surface area contributed by atoms with E-state index in [1.54, 1.807) is 55.7 Å². The van der Waals surface area contributed by atoms with Crippen molar-refractivity contribution in [2.75, 3.05) is 19.2 Å². The van der Waals surface area contributed by atoms with Crippen molar-refractivity contribution in [2.24, 2.45) is 0 Å². The van der Waals surface area contributed by atoms with Crippen LogP contribution in [-0.4, -0.2) is 25.7 Å². The fraction of sp³-hybridized carbons (Fsp3) is 0.0714. The van der Waals surface area contributed by atoms with Gasteiger partial charge in [-0.15, -0.1) is 0 Å². The molecule has 1 heterocycles. The highest BCUT2D eigenvalue weighted by Gasteiger charge is 2.17. The number of rotatable bonds is 6. The smallest absolute Gasteiger partial charge is 0.272 e. The zero-order valence-electron chi connectivity index (χ0n) is 18.9. The van der Waals surface area contributed by atoms with Gasteiger partial charge in [-0.3, -0.25) is 9.59 Å². The maximum Gasteiger partial charge on any atom is 0.272 e. The number of fused-ring (bicyclic) bond motifs is 2. The van der Waals surface area contributed by atoms with Crippen LogP contribution in [0.15, 0.2) is 90.6 Å². The Balaban J connectivity index is 1.44. The van der Waals surface area contributed by atoms with Crippen LogP contribution in [0.5, 0.6) is 17.2 Å². The van der Waals surface area contributed by atoms with E-state index in [1.165, 1.54) is 0 Å². The summed E-state index contributed by atoms with van der Waals surface area (Å²) >= 11 is 0. The number of carbonyl (C=O) groups is 2. The van der Waals surface area contributed by atoms with Crippen LogP contribution in [-0.2, 0) is 4.79 Å². The van der Waals surface area contributed by atoms with Crippen molar-refractivity contribution in [1.82, 2.24) is 5.32 Å². The van der Waals surface area contributed by atoms with Gasteiger partial charge in [0.15, 0.2) is 11.5 Å². The molecule has 0 saturated heterocycles. The second kappa shape index (κ2) is 9.61. The fourth-order valence-electron chi connectivity index (χ4n) is 3.73. The molecule has 2 amide bonds. The van der Waals surface area contributed by atoms with Crippen LogP contribution < -0.4 is 24.8 Å². The minimum Gasteiger partial charge on any atom is -0.497 e. The molecule has 0 radical (unpaired) electrons. The quantitative estimate of drug-likeness (QED) is 0.391. The number of nitrogens with one attached hydrogen (secondary N) is 2. The maximum absolute atomic E-state index is 13.3. The molecular formula is C28H22N2O5. The van der Waals surface area contributed by atoms with Crippen molar-refractivity contribution in [3.05, 3.63) is 102 Å². The molecule has 0 saturated carbocycles. The second-order valence-corrected chi connectivity index (χ2v) is 7.87. The number of methoxy groups -OCH3 is 1. The second-order valence-electron chi connectivity index (χ2n) is 7.87. The van der Waals surface area contributed by atoms with Crippen molar-refractivity contribution >= 4 is 34.4 Å². The lowest BCUT2D eigenvalue weighted by Gasteiger charge is -2.12. The van der Waals surface area contributed by atoms with Crippen LogP contribution in [0, 0.1) is 0 Å². The molecule has 0 aromatic heterocycles. The number of amides is 2. The van der Waals surface area contributed by atoms with Crippen LogP contribution in [0.3, 0.4) is 0 Å². The summed E-state index contributed by atoms with van der Waals surface area (Å²) in [5.74, 6) is 0.959. The van der Waals surface area contributed by atoms with Crippen molar-refractivity contribution in [3.8, 4) is 17.2 Å². The van der Waals surface area contributed by atoms with Crippen molar-refractivity contribution < 1.29 is 23.8 Å². The predicted molar refractivity (Wildman–Crippen MR) is 134 cm³/mol. The summed E-state index contributed by atoms with van der Waals surface area (Å²) in [6.07, 6.45) is 1.60. The molecule has 0 bridgehead atoms. The molecule has 7 heteroatoms. The summed E-state index contributed by atoms with van der Waals surface area (Å²) in [6, 6.07) is 25.5. The van der Waals surface area contributed by atoms with Crippen molar-refractivity contribution in [1.29, 1.82) is 0 Å². The third-order valence-electron chi connectivity index (χ3n) is 5.56. The molecule has 0 fully saturated rings. The van der Waals surface area contributed by atoms with Crippen molar-refractivity contribution in [3.63, 3.8) is 0 Å². The summed E-state index contributed by atoms with van der Waals surface area (Å²) in [4.78, 5) is 26.2. The maximum atomic E-state index is 13.3. The minimum atomic E-state index is -0.459. The van der Waals surface area contributed by atoms with Crippen LogP contribution in [0.25, 0.3) is 16.8 Å². The lowest BCUT2D eigenvalue weighted by atomic mass is 10.1. The van der Waals surface area contributed by atoms with E-state index in [0.717, 1.165) is 10.8 Å². The molecule has 0 unspecified atom stereocenters. The topological polar surface area (TPSA) is 85.9 Å². The zero-order chi connectivity index (χ0) is 24.2. The SMILES string of the molecule is COc1ccc(C(=O)N/C(=C/c2ccc3c(c2)OCO3)C(=O)Nc2ccc3ccccc3c2)cc1. The molecule has 35 heavy (non-hydrogen) atoms. The molecule has 0 spiro atoms. The first kappa shape index (κ1) is 22.0. The number of ether oxygens (including phenoxy) is 3. The van der Waals surface area contributed by atoms with Gasteiger partial charge in [0.25, 0.3) is 11.8 Å². The molecule has 1 aliphatic rings. The molecule has 4 aromatic rings. The van der Waals surface area contributed by atoms with Crippen molar-refractivity contribution in [2.45, 2.75) is 0 Å². The number of hydrogen-bond donors (Lipinski definition) is 2. The normalized spacial score (nSPS) is 12.3. The first-order chi connectivity index (χ1) is 17.1. The summed E-state index contributed by atoms with van der Waals surface area (Å²) in [7, 11) is 1.55. The highest BCUT2D eigenvalue weighted by atomic mass is 16.7. The lowest BCUT2D eigenvalue weighted by molar-refractivity contribution is -0.113. The summed E-state index contributed by atoms with van der Waals surface area (Å²) in [5.41, 5.74) is 1.76. The predicted octanol–water partition coefficient (Wildman–Crippen LogP) is 4.99. The Morgan fingerprint density at radius 1 is 0.857 bits per heavy atom. The van der Waals surface area contributed by atoms with E-state index < -0.39 is 11.8 Å². The Morgan fingerprint density at radius 3 is 2.43 bits per heavy atom. The average Bonchev–Trinajstić information content (AvgIpc) is 3.36. The van der Waals surface area contributed by atoms with Gasteiger partial charge in [-0.2, -0.15) is 0 Å². The van der Waals surface area contributed by atoms with Gasteiger partial charge in [-0.05, 0) is 70.9 Å². The first-order valence-electron chi connectivity index (χ1n) is 11.0. The van der Waals surface area contributed by atoms with Gasteiger partial charge in [-0.1, -0.05) is 36.4 Å². The molecule has 174 valence electrons. The summed E-state index contributed by atoms with van der Waals surface area (Å²) in [6.45, 7) is 0.145. The van der Waals surface area contributed by atoms with Gasteiger partial charge in [0.2, 0.25) is 6.79 Å². The molecular weight excluding hydrogens is 444 g/mol. The van der Waals surface area contributed by atoms with Gasteiger partial charge in [-0.25, -0.2) is 0 Å². The Bertz CT molecular complexity index is 1440. The van der Waals surface area contributed by atoms with Crippen LogP contribution >= 0.6 is 0 Å². The number of anilines is 1. The van der Waals surface area contributed by atoms with E-state index in [9.17, 15) is 9.59 Å². The molecule has 0 atom stereocenters. The van der Waals surface area contributed by atoms with E-state index in [4.69, 9.17) is 14.2 Å². The van der Waals surface area contributed by atoms with Gasteiger partial charge >= 0.3 is 0 Å². The molecule has 0 aliphatic carbocycles. The number of carbonyl (C=O) groups excluding carboxylic acids is 2. The molecule has 7 nitrogen and oxygen atoms in total. The monoisotopic (exact) mass is 466 g/mol. The van der Waals surface area contributed by atoms with Gasteiger partial charge in [0.1, 0.15) is 11.4 Å². The van der Waals surface area contributed by atoms with Crippen LogP contribution in [0.2, 0.25) is 0 Å². The van der Waals surface area contributed by atoms with Gasteiger partial charge < -0.3 is 24.8 Å². The first-order valence-corrected chi connectivity index (χ1v) is 11.0. The highest BCUT2D eigenvalue weighted by Crippen LogP contribution is 2.33.